The van der Waals surface area contributed by atoms with Crippen LogP contribution in [0.25, 0.3) is 33.3 Å². The molecule has 0 bridgehead atoms. The minimum atomic E-state index is -0.988. The number of fused-ring (bicyclic) bond motifs is 2. The number of ether oxygens (including phenoxy) is 1. The Kier molecular flexibility index (Phi) is 4.11. The summed E-state index contributed by atoms with van der Waals surface area (Å²) in [5, 5.41) is 11.3. The van der Waals surface area contributed by atoms with Gasteiger partial charge in [-0.15, -0.1) is 0 Å². The molecule has 5 heteroatoms. The minimum absolute atomic E-state index is 0.0829. The molecule has 0 spiro atoms. The zero-order chi connectivity index (χ0) is 20.1. The number of aromatic nitrogens is 1. The Morgan fingerprint density at radius 3 is 2.54 bits per heavy atom. The molecule has 4 aromatic rings. The molecule has 0 radical (unpaired) electrons. The quantitative estimate of drug-likeness (QED) is 0.501. The molecule has 0 aliphatic carbocycles. The summed E-state index contributed by atoms with van der Waals surface area (Å²) >= 11 is 0. The van der Waals surface area contributed by atoms with Crippen molar-refractivity contribution in [3.63, 3.8) is 0 Å². The molecule has 0 saturated heterocycles. The molecule has 0 fully saturated rings. The van der Waals surface area contributed by atoms with Gasteiger partial charge in [0.15, 0.2) is 5.76 Å². The number of hydrogen-bond donors (Lipinski definition) is 1. The highest BCUT2D eigenvalue weighted by Gasteiger charge is 2.19. The van der Waals surface area contributed by atoms with Crippen LogP contribution in [-0.2, 0) is 5.41 Å². The topological polar surface area (TPSA) is 72.6 Å². The first-order chi connectivity index (χ1) is 13.3. The Morgan fingerprint density at radius 1 is 1.07 bits per heavy atom. The highest BCUT2D eigenvalue weighted by Crippen LogP contribution is 2.33. The predicted molar refractivity (Wildman–Crippen MR) is 109 cm³/mol. The Labute approximate surface area is 162 Å². The van der Waals surface area contributed by atoms with Crippen molar-refractivity contribution in [3.05, 3.63) is 59.7 Å². The van der Waals surface area contributed by atoms with Gasteiger partial charge in [-0.25, -0.2) is 9.78 Å². The van der Waals surface area contributed by atoms with Crippen molar-refractivity contribution >= 4 is 27.8 Å². The third-order valence-electron chi connectivity index (χ3n) is 4.88. The molecule has 0 aliphatic rings. The van der Waals surface area contributed by atoms with Crippen LogP contribution in [0.2, 0.25) is 0 Å². The highest BCUT2D eigenvalue weighted by molar-refractivity contribution is 6.04. The number of pyridine rings is 1. The predicted octanol–water partition coefficient (Wildman–Crippen LogP) is 5.65. The van der Waals surface area contributed by atoms with E-state index in [0.717, 1.165) is 10.9 Å². The number of carboxylic acid groups (broad SMARTS) is 1. The summed E-state index contributed by atoms with van der Waals surface area (Å²) in [6.45, 7) is 6.29. The second kappa shape index (κ2) is 6.37. The molecular weight excluding hydrogens is 354 g/mol. The molecule has 4 rings (SSSR count). The number of carboxylic acids is 1. The van der Waals surface area contributed by atoms with Crippen molar-refractivity contribution in [1.29, 1.82) is 0 Å². The maximum absolute atomic E-state index is 11.9. The molecule has 2 aromatic heterocycles. The van der Waals surface area contributed by atoms with Gasteiger partial charge in [0, 0.05) is 16.8 Å². The molecule has 28 heavy (non-hydrogen) atoms. The fourth-order valence-electron chi connectivity index (χ4n) is 3.26. The van der Waals surface area contributed by atoms with E-state index in [-0.39, 0.29) is 11.0 Å². The SMILES string of the molecule is COc1ccc2cc(-c3cc(C(=O)O)c4cc(C(C)(C)C)ccc4n3)oc2c1. The van der Waals surface area contributed by atoms with Crippen LogP contribution in [0.15, 0.2) is 52.9 Å². The van der Waals surface area contributed by atoms with Gasteiger partial charge >= 0.3 is 5.97 Å². The van der Waals surface area contributed by atoms with E-state index in [4.69, 9.17) is 9.15 Å². The minimum Gasteiger partial charge on any atom is -0.497 e. The van der Waals surface area contributed by atoms with Gasteiger partial charge in [0.05, 0.1) is 18.2 Å². The number of hydrogen-bond acceptors (Lipinski definition) is 4. The molecule has 0 amide bonds. The Bertz CT molecular complexity index is 1210. The molecule has 5 nitrogen and oxygen atoms in total. The van der Waals surface area contributed by atoms with E-state index < -0.39 is 5.97 Å². The van der Waals surface area contributed by atoms with Crippen LogP contribution in [0.1, 0.15) is 36.7 Å². The first-order valence-electron chi connectivity index (χ1n) is 9.03. The fraction of sp³-hybridized carbons (Fsp3) is 0.217. The first kappa shape index (κ1) is 18.0. The molecule has 142 valence electrons. The second-order valence-corrected chi connectivity index (χ2v) is 7.86. The monoisotopic (exact) mass is 375 g/mol. The standard InChI is InChI=1S/C23H21NO4/c1-23(2,3)14-6-8-18-16(10-14)17(22(25)26)12-19(24-18)21-9-13-5-7-15(27-4)11-20(13)28-21/h5-12H,1-4H3,(H,25,26). The highest BCUT2D eigenvalue weighted by atomic mass is 16.5. The van der Waals surface area contributed by atoms with Gasteiger partial charge in [0.2, 0.25) is 0 Å². The zero-order valence-electron chi connectivity index (χ0n) is 16.2. The van der Waals surface area contributed by atoms with Crippen molar-refractivity contribution in [3.8, 4) is 17.2 Å². The van der Waals surface area contributed by atoms with Gasteiger partial charge in [-0.05, 0) is 47.4 Å². The van der Waals surface area contributed by atoms with E-state index in [1.807, 2.05) is 36.4 Å². The van der Waals surface area contributed by atoms with E-state index in [1.54, 1.807) is 19.2 Å². The molecule has 0 aliphatic heterocycles. The third kappa shape index (κ3) is 3.09. The number of methoxy groups -OCH3 is 1. The first-order valence-corrected chi connectivity index (χ1v) is 9.03. The summed E-state index contributed by atoms with van der Waals surface area (Å²) in [5.41, 5.74) is 2.97. The average Bonchev–Trinajstić information content (AvgIpc) is 3.08. The summed E-state index contributed by atoms with van der Waals surface area (Å²) < 4.78 is 11.2. The lowest BCUT2D eigenvalue weighted by Gasteiger charge is -2.19. The van der Waals surface area contributed by atoms with Crippen LogP contribution in [0.5, 0.6) is 5.75 Å². The van der Waals surface area contributed by atoms with Gasteiger partial charge in [0.1, 0.15) is 17.0 Å². The zero-order valence-corrected chi connectivity index (χ0v) is 16.2. The van der Waals surface area contributed by atoms with Crippen LogP contribution >= 0.6 is 0 Å². The molecule has 0 unspecified atom stereocenters. The summed E-state index contributed by atoms with van der Waals surface area (Å²) in [4.78, 5) is 16.6. The summed E-state index contributed by atoms with van der Waals surface area (Å²) in [7, 11) is 1.60. The summed E-state index contributed by atoms with van der Waals surface area (Å²) in [6, 6.07) is 14.8. The van der Waals surface area contributed by atoms with E-state index in [0.29, 0.717) is 33.7 Å². The van der Waals surface area contributed by atoms with E-state index >= 15 is 0 Å². The van der Waals surface area contributed by atoms with Gasteiger partial charge in [-0.3, -0.25) is 0 Å². The van der Waals surface area contributed by atoms with Gasteiger partial charge in [-0.1, -0.05) is 26.8 Å². The van der Waals surface area contributed by atoms with E-state index in [1.165, 1.54) is 0 Å². The maximum atomic E-state index is 11.9. The Morgan fingerprint density at radius 2 is 1.86 bits per heavy atom. The molecular formula is C23H21NO4. The molecule has 0 saturated carbocycles. The van der Waals surface area contributed by atoms with Crippen LogP contribution in [-0.4, -0.2) is 23.2 Å². The number of furan rings is 1. The van der Waals surface area contributed by atoms with Gasteiger partial charge in [-0.2, -0.15) is 0 Å². The van der Waals surface area contributed by atoms with Crippen LogP contribution in [0.3, 0.4) is 0 Å². The van der Waals surface area contributed by atoms with Crippen molar-refractivity contribution in [2.24, 2.45) is 0 Å². The lowest BCUT2D eigenvalue weighted by atomic mass is 9.86. The maximum Gasteiger partial charge on any atom is 0.336 e. The van der Waals surface area contributed by atoms with Crippen LogP contribution < -0.4 is 4.74 Å². The molecule has 1 N–H and O–H groups in total. The molecule has 2 aromatic carbocycles. The lowest BCUT2D eigenvalue weighted by molar-refractivity contribution is 0.0699. The Hall–Kier alpha value is -3.34. The van der Waals surface area contributed by atoms with Crippen molar-refractivity contribution in [2.75, 3.05) is 7.11 Å². The second-order valence-electron chi connectivity index (χ2n) is 7.86. The fourth-order valence-corrected chi connectivity index (χ4v) is 3.26. The number of nitrogens with zero attached hydrogens (tertiary/aromatic N) is 1. The third-order valence-corrected chi connectivity index (χ3v) is 4.88. The van der Waals surface area contributed by atoms with E-state index in [9.17, 15) is 9.90 Å². The van der Waals surface area contributed by atoms with Crippen molar-refractivity contribution in [2.45, 2.75) is 26.2 Å². The van der Waals surface area contributed by atoms with Crippen LogP contribution in [0.4, 0.5) is 0 Å². The van der Waals surface area contributed by atoms with E-state index in [2.05, 4.69) is 25.8 Å². The normalized spacial score (nSPS) is 11.9. The molecule has 2 heterocycles. The van der Waals surface area contributed by atoms with Crippen molar-refractivity contribution < 1.29 is 19.1 Å². The lowest BCUT2D eigenvalue weighted by Crippen LogP contribution is -2.11. The number of carbonyl (C=O) groups is 1. The summed E-state index contributed by atoms with van der Waals surface area (Å²) in [5.74, 6) is 0.228. The number of rotatable bonds is 3. The number of aromatic carboxylic acids is 1. The largest absolute Gasteiger partial charge is 0.497 e. The molecule has 0 atom stereocenters. The Balaban J connectivity index is 1.92. The summed E-state index contributed by atoms with van der Waals surface area (Å²) in [6.07, 6.45) is 0. The van der Waals surface area contributed by atoms with Gasteiger partial charge < -0.3 is 14.3 Å². The van der Waals surface area contributed by atoms with Gasteiger partial charge in [0.25, 0.3) is 0 Å². The number of benzene rings is 2. The average molecular weight is 375 g/mol. The smallest absolute Gasteiger partial charge is 0.336 e. The van der Waals surface area contributed by atoms with Crippen molar-refractivity contribution in [1.82, 2.24) is 4.98 Å². The van der Waals surface area contributed by atoms with Crippen LogP contribution in [0, 0.1) is 0 Å².